The molecule has 0 saturated heterocycles. The second-order valence-corrected chi connectivity index (χ2v) is 5.77. The molecule has 0 aromatic heterocycles. The zero-order chi connectivity index (χ0) is 12.6. The largest absolute Gasteiger partial charge is 0.506 e. The standard InChI is InChI=1S/C9H10N2O5S/c12-9-4-1-6(11(13)14)5-8(9)10-17(15,16)7-2-3-7/h1,4-5,7,10,12H,2-3H2. The first kappa shape index (κ1) is 11.6. The van der Waals surface area contributed by atoms with Crippen molar-refractivity contribution in [3.63, 3.8) is 0 Å². The van der Waals surface area contributed by atoms with E-state index in [0.29, 0.717) is 12.8 Å². The second-order valence-electron chi connectivity index (χ2n) is 3.80. The lowest BCUT2D eigenvalue weighted by Gasteiger charge is -2.08. The predicted octanol–water partition coefficient (Wildman–Crippen LogP) is 1.20. The van der Waals surface area contributed by atoms with Gasteiger partial charge in [-0.05, 0) is 18.9 Å². The van der Waals surface area contributed by atoms with Crippen LogP contribution < -0.4 is 4.72 Å². The molecule has 2 N–H and O–H groups in total. The van der Waals surface area contributed by atoms with Crippen molar-refractivity contribution in [3.05, 3.63) is 28.3 Å². The first-order chi connectivity index (χ1) is 7.90. The second kappa shape index (κ2) is 3.88. The molecule has 92 valence electrons. The molecule has 1 fully saturated rings. The van der Waals surface area contributed by atoms with Gasteiger partial charge >= 0.3 is 0 Å². The van der Waals surface area contributed by atoms with Gasteiger partial charge in [0.2, 0.25) is 10.0 Å². The highest BCUT2D eigenvalue weighted by molar-refractivity contribution is 7.93. The maximum absolute atomic E-state index is 11.6. The lowest BCUT2D eigenvalue weighted by atomic mass is 10.2. The van der Waals surface area contributed by atoms with Crippen LogP contribution in [0.4, 0.5) is 11.4 Å². The highest BCUT2D eigenvalue weighted by Gasteiger charge is 2.36. The Hall–Kier alpha value is -1.83. The first-order valence-electron chi connectivity index (χ1n) is 4.89. The number of phenolic OH excluding ortho intramolecular Hbond substituents is 1. The number of hydrogen-bond acceptors (Lipinski definition) is 5. The predicted molar refractivity (Wildman–Crippen MR) is 60.3 cm³/mol. The number of rotatable bonds is 4. The van der Waals surface area contributed by atoms with Gasteiger partial charge in [-0.15, -0.1) is 0 Å². The number of nitrogens with zero attached hydrogens (tertiary/aromatic N) is 1. The van der Waals surface area contributed by atoms with Gasteiger partial charge in [-0.2, -0.15) is 0 Å². The maximum atomic E-state index is 11.6. The third-order valence-electron chi connectivity index (χ3n) is 2.41. The van der Waals surface area contributed by atoms with Gasteiger partial charge < -0.3 is 5.11 Å². The fourth-order valence-electron chi connectivity index (χ4n) is 1.33. The zero-order valence-corrected chi connectivity index (χ0v) is 9.48. The van der Waals surface area contributed by atoms with Gasteiger partial charge in [-0.1, -0.05) is 0 Å². The molecule has 1 saturated carbocycles. The van der Waals surface area contributed by atoms with E-state index in [1.54, 1.807) is 0 Å². The highest BCUT2D eigenvalue weighted by Crippen LogP contribution is 2.33. The number of aromatic hydroxyl groups is 1. The number of hydrogen-bond donors (Lipinski definition) is 2. The van der Waals surface area contributed by atoms with Gasteiger partial charge in [0.1, 0.15) is 5.75 Å². The van der Waals surface area contributed by atoms with Gasteiger partial charge in [-0.3, -0.25) is 14.8 Å². The smallest absolute Gasteiger partial charge is 0.271 e. The summed E-state index contributed by atoms with van der Waals surface area (Å²) >= 11 is 0. The molecule has 7 nitrogen and oxygen atoms in total. The monoisotopic (exact) mass is 258 g/mol. The van der Waals surface area contributed by atoms with E-state index in [4.69, 9.17) is 0 Å². The van der Waals surface area contributed by atoms with Crippen LogP contribution in [0.15, 0.2) is 18.2 Å². The molecule has 0 unspecified atom stereocenters. The summed E-state index contributed by atoms with van der Waals surface area (Å²) in [5, 5.41) is 19.5. The Bertz CT molecular complexity index is 565. The summed E-state index contributed by atoms with van der Waals surface area (Å²) in [6, 6.07) is 3.18. The zero-order valence-electron chi connectivity index (χ0n) is 8.66. The Morgan fingerprint density at radius 3 is 2.59 bits per heavy atom. The van der Waals surface area contributed by atoms with Crippen LogP contribution in [0.1, 0.15) is 12.8 Å². The molecule has 8 heteroatoms. The average molecular weight is 258 g/mol. The molecular weight excluding hydrogens is 248 g/mol. The molecule has 0 radical (unpaired) electrons. The SMILES string of the molecule is O=[N+]([O-])c1ccc(O)c(NS(=O)(=O)C2CC2)c1. The normalized spacial score (nSPS) is 15.5. The van der Waals surface area contributed by atoms with Crippen molar-refractivity contribution in [2.75, 3.05) is 4.72 Å². The van der Waals surface area contributed by atoms with E-state index in [1.807, 2.05) is 0 Å². The highest BCUT2D eigenvalue weighted by atomic mass is 32.2. The van der Waals surface area contributed by atoms with Gasteiger partial charge in [0.25, 0.3) is 5.69 Å². The molecule has 1 aromatic rings. The quantitative estimate of drug-likeness (QED) is 0.479. The van der Waals surface area contributed by atoms with Crippen LogP contribution in [-0.4, -0.2) is 23.7 Å². The van der Waals surface area contributed by atoms with E-state index < -0.39 is 20.2 Å². The van der Waals surface area contributed by atoms with E-state index in [9.17, 15) is 23.6 Å². The van der Waals surface area contributed by atoms with Crippen molar-refractivity contribution < 1.29 is 18.4 Å². The molecule has 1 aliphatic rings. The van der Waals surface area contributed by atoms with Gasteiger partial charge in [0.05, 0.1) is 15.9 Å². The van der Waals surface area contributed by atoms with E-state index >= 15 is 0 Å². The van der Waals surface area contributed by atoms with Gasteiger partial charge in [0, 0.05) is 12.1 Å². The van der Waals surface area contributed by atoms with Crippen molar-refractivity contribution in [1.82, 2.24) is 0 Å². The van der Waals surface area contributed by atoms with Gasteiger partial charge in [-0.25, -0.2) is 8.42 Å². The molecule has 0 amide bonds. The van der Waals surface area contributed by atoms with Crippen LogP contribution in [0, 0.1) is 10.1 Å². The summed E-state index contributed by atoms with van der Waals surface area (Å²) in [7, 11) is -3.54. The summed E-state index contributed by atoms with van der Waals surface area (Å²) in [4.78, 5) is 9.86. The van der Waals surface area contributed by atoms with Crippen molar-refractivity contribution in [3.8, 4) is 5.75 Å². The molecule has 0 bridgehead atoms. The number of phenols is 1. The molecule has 0 atom stereocenters. The Balaban J connectivity index is 2.31. The Kier molecular flexibility index (Phi) is 2.66. The Morgan fingerprint density at radius 2 is 2.06 bits per heavy atom. The first-order valence-corrected chi connectivity index (χ1v) is 6.44. The summed E-state index contributed by atoms with van der Waals surface area (Å²) < 4.78 is 25.4. The van der Waals surface area contributed by atoms with Crippen LogP contribution in [0.5, 0.6) is 5.75 Å². The molecule has 17 heavy (non-hydrogen) atoms. The van der Waals surface area contributed by atoms with Crippen LogP contribution in [-0.2, 0) is 10.0 Å². The Labute approximate surface area is 97.3 Å². The Morgan fingerprint density at radius 1 is 1.41 bits per heavy atom. The fraction of sp³-hybridized carbons (Fsp3) is 0.333. The summed E-state index contributed by atoms with van der Waals surface area (Å²) in [5.74, 6) is -0.333. The molecular formula is C9H10N2O5S. The van der Waals surface area contributed by atoms with E-state index in [-0.39, 0.29) is 17.1 Å². The topological polar surface area (TPSA) is 110 Å². The lowest BCUT2D eigenvalue weighted by Crippen LogP contribution is -2.17. The summed E-state index contributed by atoms with van der Waals surface area (Å²) in [6.45, 7) is 0. The number of anilines is 1. The number of benzene rings is 1. The molecule has 0 spiro atoms. The van der Waals surface area contributed by atoms with Crippen molar-refractivity contribution >= 4 is 21.4 Å². The maximum Gasteiger partial charge on any atom is 0.271 e. The molecule has 1 aliphatic carbocycles. The lowest BCUT2D eigenvalue weighted by molar-refractivity contribution is -0.384. The minimum atomic E-state index is -3.54. The third kappa shape index (κ3) is 2.47. The van der Waals surface area contributed by atoms with Crippen molar-refractivity contribution in [2.24, 2.45) is 0 Å². The van der Waals surface area contributed by atoms with Crippen molar-refractivity contribution in [1.29, 1.82) is 0 Å². The van der Waals surface area contributed by atoms with E-state index in [2.05, 4.69) is 4.72 Å². The van der Waals surface area contributed by atoms with Crippen LogP contribution in [0.2, 0.25) is 0 Å². The fourth-order valence-corrected chi connectivity index (χ4v) is 2.73. The minimum absolute atomic E-state index is 0.161. The van der Waals surface area contributed by atoms with E-state index in [1.165, 1.54) is 0 Å². The average Bonchev–Trinajstić information content (AvgIpc) is 3.04. The van der Waals surface area contributed by atoms with Crippen molar-refractivity contribution in [2.45, 2.75) is 18.1 Å². The number of non-ortho nitro benzene ring substituents is 1. The van der Waals surface area contributed by atoms with Crippen LogP contribution in [0.25, 0.3) is 0 Å². The van der Waals surface area contributed by atoms with Gasteiger partial charge in [0.15, 0.2) is 0 Å². The summed E-state index contributed by atoms with van der Waals surface area (Å²) in [5.41, 5.74) is -0.442. The molecule has 0 heterocycles. The number of nitro groups is 1. The minimum Gasteiger partial charge on any atom is -0.506 e. The molecule has 1 aromatic carbocycles. The number of nitro benzene ring substituents is 1. The molecule has 0 aliphatic heterocycles. The van der Waals surface area contributed by atoms with Crippen LogP contribution in [0.3, 0.4) is 0 Å². The summed E-state index contributed by atoms with van der Waals surface area (Å²) in [6.07, 6.45) is 1.15. The number of nitrogens with one attached hydrogen (secondary N) is 1. The van der Waals surface area contributed by atoms with Crippen LogP contribution >= 0.6 is 0 Å². The van der Waals surface area contributed by atoms with E-state index in [0.717, 1.165) is 18.2 Å². The number of sulfonamides is 1. The molecule has 2 rings (SSSR count). The third-order valence-corrected chi connectivity index (χ3v) is 4.26.